The van der Waals surface area contributed by atoms with Crippen molar-refractivity contribution in [3.8, 4) is 5.75 Å². The van der Waals surface area contributed by atoms with E-state index >= 15 is 0 Å². The Labute approximate surface area is 175 Å². The topological polar surface area (TPSA) is 52.3 Å². The Balaban J connectivity index is 1.51. The van der Waals surface area contributed by atoms with Crippen LogP contribution < -0.4 is 4.74 Å². The summed E-state index contributed by atoms with van der Waals surface area (Å²) >= 11 is 0. The molecule has 2 aromatic heterocycles. The molecule has 152 valence electrons. The van der Waals surface area contributed by atoms with Gasteiger partial charge in [0.1, 0.15) is 18.1 Å². The van der Waals surface area contributed by atoms with Crippen molar-refractivity contribution >= 4 is 16.9 Å². The number of rotatable bonds is 4. The van der Waals surface area contributed by atoms with Gasteiger partial charge in [-0.15, -0.1) is 0 Å². The number of ether oxygens (including phenoxy) is 1. The molecule has 1 aliphatic rings. The van der Waals surface area contributed by atoms with Crippen LogP contribution in [0.15, 0.2) is 66.9 Å². The highest BCUT2D eigenvalue weighted by molar-refractivity contribution is 5.81. The second kappa shape index (κ2) is 7.37. The molecule has 3 heterocycles. The molecule has 6 nitrogen and oxygen atoms in total. The number of benzene rings is 2. The number of carbonyl (C=O) groups excluding carboxylic acids is 1. The highest BCUT2D eigenvalue weighted by atomic mass is 16.5. The van der Waals surface area contributed by atoms with Gasteiger partial charge in [-0.25, -0.2) is 4.98 Å². The van der Waals surface area contributed by atoms with Crippen LogP contribution in [0.5, 0.6) is 5.75 Å². The molecule has 30 heavy (non-hydrogen) atoms. The molecule has 0 saturated heterocycles. The van der Waals surface area contributed by atoms with Gasteiger partial charge in [0.2, 0.25) is 5.91 Å². The van der Waals surface area contributed by atoms with Gasteiger partial charge >= 0.3 is 0 Å². The number of methoxy groups -OCH3 is 1. The molecule has 0 saturated carbocycles. The Morgan fingerprint density at radius 3 is 2.67 bits per heavy atom. The molecule has 0 bridgehead atoms. The summed E-state index contributed by atoms with van der Waals surface area (Å²) in [4.78, 5) is 20.1. The van der Waals surface area contributed by atoms with E-state index in [9.17, 15) is 4.79 Å². The molecule has 0 spiro atoms. The molecule has 1 atom stereocenters. The first-order valence-electron chi connectivity index (χ1n) is 10.2. The predicted molar refractivity (Wildman–Crippen MR) is 115 cm³/mol. The fourth-order valence-electron chi connectivity index (χ4n) is 4.41. The minimum atomic E-state index is -0.123. The van der Waals surface area contributed by atoms with Gasteiger partial charge in [-0.2, -0.15) is 0 Å². The van der Waals surface area contributed by atoms with Crippen molar-refractivity contribution in [3.05, 3.63) is 83.9 Å². The summed E-state index contributed by atoms with van der Waals surface area (Å²) in [5, 5.41) is 0. The van der Waals surface area contributed by atoms with E-state index in [-0.39, 0.29) is 18.5 Å². The molecule has 1 amide bonds. The second-order valence-corrected chi connectivity index (χ2v) is 7.62. The summed E-state index contributed by atoms with van der Waals surface area (Å²) in [6.07, 6.45) is 2.08. The molecule has 6 heteroatoms. The Hall–Kier alpha value is -3.54. The van der Waals surface area contributed by atoms with Crippen molar-refractivity contribution in [3.63, 3.8) is 0 Å². The third-order valence-electron chi connectivity index (χ3n) is 5.93. The quantitative estimate of drug-likeness (QED) is 0.524. The standard InChI is InChI=1S/C24H24N4O2/c1-17-25-20-6-3-4-7-21(20)28(17)16-23(29)27-15-14-26-13-5-8-22(26)24(27)18-9-11-19(30-2)12-10-18/h3-13,24H,14-16H2,1-2H3. The van der Waals surface area contributed by atoms with Gasteiger partial charge in [-0.3, -0.25) is 4.79 Å². The van der Waals surface area contributed by atoms with E-state index in [1.807, 2.05) is 71.0 Å². The number of nitrogens with zero attached hydrogens (tertiary/aromatic N) is 4. The Kier molecular flexibility index (Phi) is 4.54. The van der Waals surface area contributed by atoms with Gasteiger partial charge in [-0.05, 0) is 48.9 Å². The Morgan fingerprint density at radius 2 is 1.87 bits per heavy atom. The third kappa shape index (κ3) is 3.05. The summed E-state index contributed by atoms with van der Waals surface area (Å²) in [7, 11) is 1.66. The molecule has 0 fully saturated rings. The van der Waals surface area contributed by atoms with Crippen LogP contribution in [0.3, 0.4) is 0 Å². The summed E-state index contributed by atoms with van der Waals surface area (Å²) in [5.74, 6) is 1.75. The number of aromatic nitrogens is 3. The summed E-state index contributed by atoms with van der Waals surface area (Å²) in [5.41, 5.74) is 4.12. The fourth-order valence-corrected chi connectivity index (χ4v) is 4.41. The van der Waals surface area contributed by atoms with Gasteiger partial charge in [0, 0.05) is 25.0 Å². The van der Waals surface area contributed by atoms with Crippen molar-refractivity contribution < 1.29 is 9.53 Å². The first kappa shape index (κ1) is 18.5. The Morgan fingerprint density at radius 1 is 1.07 bits per heavy atom. The Bertz CT molecular complexity index is 1210. The normalized spacial score (nSPS) is 15.9. The van der Waals surface area contributed by atoms with E-state index in [2.05, 4.69) is 21.8 Å². The lowest BCUT2D eigenvalue weighted by Gasteiger charge is -2.37. The molecule has 4 aromatic rings. The molecule has 0 radical (unpaired) electrons. The zero-order valence-corrected chi connectivity index (χ0v) is 17.2. The molecule has 0 N–H and O–H groups in total. The highest BCUT2D eigenvalue weighted by Crippen LogP contribution is 2.33. The molecule has 0 aliphatic carbocycles. The van der Waals surface area contributed by atoms with Crippen molar-refractivity contribution in [1.29, 1.82) is 0 Å². The molecule has 5 rings (SSSR count). The van der Waals surface area contributed by atoms with Crippen LogP contribution in [0.1, 0.15) is 23.1 Å². The summed E-state index contributed by atoms with van der Waals surface area (Å²) < 4.78 is 9.56. The molecular formula is C24H24N4O2. The number of imidazole rings is 1. The number of para-hydroxylation sites is 2. The molecule has 2 aromatic carbocycles. The fraction of sp³-hybridized carbons (Fsp3) is 0.250. The van der Waals surface area contributed by atoms with E-state index in [1.54, 1.807) is 7.11 Å². The second-order valence-electron chi connectivity index (χ2n) is 7.62. The lowest BCUT2D eigenvalue weighted by Crippen LogP contribution is -2.43. The monoisotopic (exact) mass is 400 g/mol. The van der Waals surface area contributed by atoms with Crippen molar-refractivity contribution in [1.82, 2.24) is 19.0 Å². The van der Waals surface area contributed by atoms with E-state index in [0.29, 0.717) is 6.54 Å². The van der Waals surface area contributed by atoms with E-state index in [0.717, 1.165) is 40.4 Å². The van der Waals surface area contributed by atoms with Crippen LogP contribution >= 0.6 is 0 Å². The van der Waals surface area contributed by atoms with E-state index in [4.69, 9.17) is 4.74 Å². The van der Waals surface area contributed by atoms with Crippen molar-refractivity contribution in [2.45, 2.75) is 26.1 Å². The van der Waals surface area contributed by atoms with Crippen molar-refractivity contribution in [2.24, 2.45) is 0 Å². The SMILES string of the molecule is COc1ccc(C2c3cccn3CCN2C(=O)Cn2c(C)nc3ccccc32)cc1. The number of hydrogen-bond acceptors (Lipinski definition) is 3. The average molecular weight is 400 g/mol. The van der Waals surface area contributed by atoms with Crippen LogP contribution in [0, 0.1) is 6.92 Å². The molecule has 1 aliphatic heterocycles. The minimum Gasteiger partial charge on any atom is -0.497 e. The number of amides is 1. The molecular weight excluding hydrogens is 376 g/mol. The van der Waals surface area contributed by atoms with Crippen molar-refractivity contribution in [2.75, 3.05) is 13.7 Å². The maximum atomic E-state index is 13.5. The lowest BCUT2D eigenvalue weighted by atomic mass is 9.99. The van der Waals surface area contributed by atoms with Gasteiger partial charge in [0.25, 0.3) is 0 Å². The van der Waals surface area contributed by atoms with Crippen LogP contribution in [0.2, 0.25) is 0 Å². The van der Waals surface area contributed by atoms with E-state index in [1.165, 1.54) is 0 Å². The van der Waals surface area contributed by atoms with Crippen LogP contribution in [-0.2, 0) is 17.9 Å². The smallest absolute Gasteiger partial charge is 0.243 e. The van der Waals surface area contributed by atoms with Crippen LogP contribution in [0.4, 0.5) is 0 Å². The zero-order chi connectivity index (χ0) is 20.7. The van der Waals surface area contributed by atoms with Gasteiger partial charge in [0.05, 0.1) is 24.2 Å². The first-order chi connectivity index (χ1) is 14.7. The highest BCUT2D eigenvalue weighted by Gasteiger charge is 2.32. The predicted octanol–water partition coefficient (Wildman–Crippen LogP) is 3.79. The maximum absolute atomic E-state index is 13.5. The minimum absolute atomic E-state index is 0.0921. The summed E-state index contributed by atoms with van der Waals surface area (Å²) in [6, 6.07) is 20.0. The van der Waals surface area contributed by atoms with E-state index < -0.39 is 0 Å². The largest absolute Gasteiger partial charge is 0.497 e. The van der Waals surface area contributed by atoms with Gasteiger partial charge < -0.3 is 18.8 Å². The lowest BCUT2D eigenvalue weighted by molar-refractivity contribution is -0.134. The number of fused-ring (bicyclic) bond motifs is 2. The van der Waals surface area contributed by atoms with Crippen LogP contribution in [-0.4, -0.2) is 38.6 Å². The molecule has 1 unspecified atom stereocenters. The maximum Gasteiger partial charge on any atom is 0.243 e. The number of aryl methyl sites for hydroxylation is 1. The third-order valence-corrected chi connectivity index (χ3v) is 5.93. The average Bonchev–Trinajstić information content (AvgIpc) is 3.37. The zero-order valence-electron chi connectivity index (χ0n) is 17.2. The van der Waals surface area contributed by atoms with Gasteiger partial charge in [-0.1, -0.05) is 24.3 Å². The first-order valence-corrected chi connectivity index (χ1v) is 10.2. The van der Waals surface area contributed by atoms with Crippen LogP contribution in [0.25, 0.3) is 11.0 Å². The van der Waals surface area contributed by atoms with Gasteiger partial charge in [0.15, 0.2) is 0 Å². The number of carbonyl (C=O) groups is 1. The summed E-state index contributed by atoms with van der Waals surface area (Å²) in [6.45, 7) is 3.70. The number of hydrogen-bond donors (Lipinski definition) is 0.